The monoisotopic (exact) mass is 439 g/mol. The van der Waals surface area contributed by atoms with Crippen LogP contribution in [0.3, 0.4) is 0 Å². The van der Waals surface area contributed by atoms with Crippen LogP contribution in [0.4, 0.5) is 10.1 Å². The summed E-state index contributed by atoms with van der Waals surface area (Å²) in [6.07, 6.45) is 2.60. The molecular formula is C27H22FN3O2. The van der Waals surface area contributed by atoms with E-state index in [-0.39, 0.29) is 5.91 Å². The molecule has 0 radical (unpaired) electrons. The van der Waals surface area contributed by atoms with E-state index in [1.807, 2.05) is 49.4 Å². The Kier molecular flexibility index (Phi) is 5.34. The standard InChI is InChI=1S/C27H22FN3O2/c1-17-9-11-18(12-10-17)13-14-23(32)29-26-27(33)31-16-15-19-5-4-7-21(25(19)31)24(30-26)20-6-2-3-8-22(20)28/h2-14,26H,15-16H2,1H3,(H,29,32)/b14-13+. The van der Waals surface area contributed by atoms with Crippen molar-refractivity contribution in [3.05, 3.63) is 106 Å². The topological polar surface area (TPSA) is 61.8 Å². The Labute approximate surface area is 191 Å². The number of rotatable bonds is 4. The number of nitrogens with zero attached hydrogens (tertiary/aromatic N) is 2. The Balaban J connectivity index is 1.52. The third-order valence-corrected chi connectivity index (χ3v) is 5.92. The number of amides is 2. The molecule has 5 rings (SSSR count). The number of aryl methyl sites for hydroxylation is 1. The van der Waals surface area contributed by atoms with Gasteiger partial charge in [-0.25, -0.2) is 9.38 Å². The molecule has 2 aliphatic heterocycles. The summed E-state index contributed by atoms with van der Waals surface area (Å²) in [4.78, 5) is 32.3. The summed E-state index contributed by atoms with van der Waals surface area (Å²) in [7, 11) is 0. The zero-order valence-electron chi connectivity index (χ0n) is 18.1. The van der Waals surface area contributed by atoms with Gasteiger partial charge in [-0.2, -0.15) is 0 Å². The lowest BCUT2D eigenvalue weighted by Gasteiger charge is -2.20. The lowest BCUT2D eigenvalue weighted by Crippen LogP contribution is -2.46. The molecule has 0 spiro atoms. The first kappa shape index (κ1) is 20.8. The van der Waals surface area contributed by atoms with Crippen LogP contribution in [0.15, 0.2) is 77.8 Å². The normalized spacial score (nSPS) is 17.0. The average Bonchev–Trinajstić information content (AvgIpc) is 3.21. The van der Waals surface area contributed by atoms with Gasteiger partial charge in [-0.3, -0.25) is 9.59 Å². The molecule has 1 N–H and O–H groups in total. The molecule has 2 heterocycles. The molecule has 0 aliphatic carbocycles. The molecule has 3 aromatic carbocycles. The Morgan fingerprint density at radius 2 is 1.82 bits per heavy atom. The van der Waals surface area contributed by atoms with Gasteiger partial charge in [0.25, 0.3) is 5.91 Å². The van der Waals surface area contributed by atoms with Crippen molar-refractivity contribution in [2.45, 2.75) is 19.5 Å². The first-order valence-corrected chi connectivity index (χ1v) is 10.8. The van der Waals surface area contributed by atoms with Crippen molar-refractivity contribution >= 4 is 29.3 Å². The van der Waals surface area contributed by atoms with Crippen LogP contribution < -0.4 is 10.2 Å². The van der Waals surface area contributed by atoms with E-state index < -0.39 is 17.9 Å². The van der Waals surface area contributed by atoms with Gasteiger partial charge in [-0.05, 0) is 42.7 Å². The SMILES string of the molecule is Cc1ccc(/C=C/C(=O)NC2N=C(c3ccccc3F)c3cccc4c3N(CC4)C2=O)cc1. The summed E-state index contributed by atoms with van der Waals surface area (Å²) in [6, 6.07) is 19.8. The van der Waals surface area contributed by atoms with Crippen LogP contribution in [0.25, 0.3) is 6.08 Å². The van der Waals surface area contributed by atoms with Crippen molar-refractivity contribution in [1.29, 1.82) is 0 Å². The summed E-state index contributed by atoms with van der Waals surface area (Å²) in [5.41, 5.74) is 5.09. The lowest BCUT2D eigenvalue weighted by atomic mass is 9.98. The van der Waals surface area contributed by atoms with Gasteiger partial charge in [0, 0.05) is 23.7 Å². The number of anilines is 1. The molecule has 33 heavy (non-hydrogen) atoms. The Morgan fingerprint density at radius 1 is 1.06 bits per heavy atom. The number of carbonyl (C=O) groups excluding carboxylic acids is 2. The van der Waals surface area contributed by atoms with Crippen molar-refractivity contribution in [2.75, 3.05) is 11.4 Å². The molecular weight excluding hydrogens is 417 g/mol. The van der Waals surface area contributed by atoms with Crippen LogP contribution in [0, 0.1) is 12.7 Å². The number of aliphatic imine (C=N–C) groups is 1. The maximum Gasteiger partial charge on any atom is 0.272 e. The van der Waals surface area contributed by atoms with Gasteiger partial charge in [-0.15, -0.1) is 0 Å². The minimum absolute atomic E-state index is 0.293. The van der Waals surface area contributed by atoms with Crippen LogP contribution in [0.5, 0.6) is 0 Å². The molecule has 0 bridgehead atoms. The number of para-hydroxylation sites is 1. The molecule has 164 valence electrons. The number of carbonyl (C=O) groups is 2. The minimum atomic E-state index is -1.16. The quantitative estimate of drug-likeness (QED) is 0.624. The number of hydrogen-bond donors (Lipinski definition) is 1. The van der Waals surface area contributed by atoms with Crippen molar-refractivity contribution < 1.29 is 14.0 Å². The van der Waals surface area contributed by atoms with Gasteiger partial charge in [0.1, 0.15) is 5.82 Å². The second-order valence-corrected chi connectivity index (χ2v) is 8.17. The highest BCUT2D eigenvalue weighted by atomic mass is 19.1. The first-order valence-electron chi connectivity index (χ1n) is 10.8. The molecule has 0 saturated carbocycles. The Bertz CT molecular complexity index is 1310. The highest BCUT2D eigenvalue weighted by Crippen LogP contribution is 2.36. The lowest BCUT2D eigenvalue weighted by molar-refractivity contribution is -0.125. The molecule has 0 aromatic heterocycles. The predicted molar refractivity (Wildman–Crippen MR) is 127 cm³/mol. The minimum Gasteiger partial charge on any atom is -0.323 e. The van der Waals surface area contributed by atoms with E-state index in [2.05, 4.69) is 10.3 Å². The van der Waals surface area contributed by atoms with Gasteiger partial charge < -0.3 is 10.2 Å². The Hall–Kier alpha value is -4.06. The van der Waals surface area contributed by atoms with Crippen LogP contribution in [-0.4, -0.2) is 30.2 Å². The van der Waals surface area contributed by atoms with Crippen LogP contribution in [0.1, 0.15) is 27.8 Å². The summed E-state index contributed by atoms with van der Waals surface area (Å²) in [5.74, 6) is -1.21. The first-order chi connectivity index (χ1) is 16.0. The van der Waals surface area contributed by atoms with Gasteiger partial charge in [0.15, 0.2) is 0 Å². The largest absolute Gasteiger partial charge is 0.323 e. The van der Waals surface area contributed by atoms with E-state index in [1.165, 1.54) is 12.1 Å². The molecule has 0 fully saturated rings. The van der Waals surface area contributed by atoms with Crippen LogP contribution >= 0.6 is 0 Å². The predicted octanol–water partition coefficient (Wildman–Crippen LogP) is 4.03. The number of hydrogen-bond acceptors (Lipinski definition) is 3. The summed E-state index contributed by atoms with van der Waals surface area (Å²) in [6.45, 7) is 2.49. The smallest absolute Gasteiger partial charge is 0.272 e. The van der Waals surface area contributed by atoms with E-state index in [9.17, 15) is 14.0 Å². The van der Waals surface area contributed by atoms with Crippen LogP contribution in [-0.2, 0) is 16.0 Å². The maximum atomic E-state index is 14.8. The molecule has 1 atom stereocenters. The van der Waals surface area contributed by atoms with Gasteiger partial charge in [0.2, 0.25) is 12.1 Å². The van der Waals surface area contributed by atoms with Crippen molar-refractivity contribution in [3.8, 4) is 0 Å². The number of halogens is 1. The third kappa shape index (κ3) is 3.96. The molecule has 3 aromatic rings. The number of benzene rings is 3. The van der Waals surface area contributed by atoms with Crippen molar-refractivity contribution in [2.24, 2.45) is 4.99 Å². The summed E-state index contributed by atoms with van der Waals surface area (Å²) in [5, 5.41) is 2.70. The molecule has 2 aliphatic rings. The summed E-state index contributed by atoms with van der Waals surface area (Å²) >= 11 is 0. The van der Waals surface area contributed by atoms with E-state index in [0.29, 0.717) is 29.8 Å². The molecule has 0 saturated heterocycles. The van der Waals surface area contributed by atoms with Gasteiger partial charge in [-0.1, -0.05) is 60.2 Å². The highest BCUT2D eigenvalue weighted by molar-refractivity contribution is 6.21. The molecule has 5 nitrogen and oxygen atoms in total. The van der Waals surface area contributed by atoms with Crippen LogP contribution in [0.2, 0.25) is 0 Å². The molecule has 2 amide bonds. The van der Waals surface area contributed by atoms with E-state index in [1.54, 1.807) is 29.2 Å². The fourth-order valence-corrected chi connectivity index (χ4v) is 4.26. The van der Waals surface area contributed by atoms with Gasteiger partial charge >= 0.3 is 0 Å². The molecule has 1 unspecified atom stereocenters. The zero-order valence-corrected chi connectivity index (χ0v) is 18.1. The maximum absolute atomic E-state index is 14.8. The van der Waals surface area contributed by atoms with Crippen molar-refractivity contribution in [3.63, 3.8) is 0 Å². The molecule has 6 heteroatoms. The second-order valence-electron chi connectivity index (χ2n) is 8.17. The summed E-state index contributed by atoms with van der Waals surface area (Å²) < 4.78 is 14.8. The van der Waals surface area contributed by atoms with Gasteiger partial charge in [0.05, 0.1) is 11.4 Å². The second kappa shape index (κ2) is 8.47. The fraction of sp³-hybridized carbons (Fsp3) is 0.148. The Morgan fingerprint density at radius 3 is 2.61 bits per heavy atom. The number of nitrogens with one attached hydrogen (secondary N) is 1. The van der Waals surface area contributed by atoms with E-state index in [0.717, 1.165) is 22.4 Å². The van der Waals surface area contributed by atoms with E-state index >= 15 is 0 Å². The zero-order chi connectivity index (χ0) is 22.9. The third-order valence-electron chi connectivity index (χ3n) is 5.92. The fourth-order valence-electron chi connectivity index (χ4n) is 4.26. The van der Waals surface area contributed by atoms with Crippen molar-refractivity contribution in [1.82, 2.24) is 5.32 Å². The van der Waals surface area contributed by atoms with E-state index in [4.69, 9.17) is 0 Å². The highest BCUT2D eigenvalue weighted by Gasteiger charge is 2.37. The average molecular weight is 439 g/mol.